The van der Waals surface area contributed by atoms with Gasteiger partial charge >= 0.3 is 6.18 Å². The van der Waals surface area contributed by atoms with Gasteiger partial charge in [0.1, 0.15) is 11.6 Å². The molecular formula is C9H9F4NO2. The van der Waals surface area contributed by atoms with Crippen LogP contribution in [0.15, 0.2) is 12.1 Å². The van der Waals surface area contributed by atoms with Crippen molar-refractivity contribution in [3.63, 3.8) is 0 Å². The summed E-state index contributed by atoms with van der Waals surface area (Å²) in [6.45, 7) is -0.613. The van der Waals surface area contributed by atoms with Crippen LogP contribution in [0.5, 0.6) is 5.75 Å². The van der Waals surface area contributed by atoms with Gasteiger partial charge in [0.2, 0.25) is 0 Å². The van der Waals surface area contributed by atoms with Crippen LogP contribution in [0.2, 0.25) is 0 Å². The molecule has 0 spiro atoms. The minimum Gasteiger partial charge on any atom is -0.508 e. The van der Waals surface area contributed by atoms with Gasteiger partial charge in [0.15, 0.2) is 0 Å². The van der Waals surface area contributed by atoms with E-state index < -0.39 is 36.0 Å². The maximum atomic E-state index is 13.1. The topological polar surface area (TPSA) is 66.5 Å². The molecule has 0 aliphatic carbocycles. The summed E-state index contributed by atoms with van der Waals surface area (Å²) in [6, 6.07) is -0.407. The third-order valence-corrected chi connectivity index (χ3v) is 2.02. The largest absolute Gasteiger partial charge is 0.508 e. The van der Waals surface area contributed by atoms with E-state index in [0.29, 0.717) is 6.07 Å². The molecule has 4 N–H and O–H groups in total. The maximum Gasteiger partial charge on any atom is 0.419 e. The van der Waals surface area contributed by atoms with Crippen molar-refractivity contribution in [2.45, 2.75) is 12.2 Å². The number of alkyl halides is 3. The highest BCUT2D eigenvalue weighted by Gasteiger charge is 2.35. The van der Waals surface area contributed by atoms with Crippen LogP contribution in [0.3, 0.4) is 0 Å². The van der Waals surface area contributed by atoms with Crippen molar-refractivity contribution in [1.29, 1.82) is 0 Å². The van der Waals surface area contributed by atoms with E-state index in [0.717, 1.165) is 0 Å². The van der Waals surface area contributed by atoms with E-state index >= 15 is 0 Å². The van der Waals surface area contributed by atoms with Gasteiger partial charge in [-0.05, 0) is 12.1 Å². The standard InChI is InChI=1S/C9H9F4NO2/c10-6-1-4(7(14)3-15)8(16)2-5(6)9(11,12)13/h1-2,7,15-16H,3,14H2/t7-/m0/s1. The Labute approximate surface area is 88.1 Å². The summed E-state index contributed by atoms with van der Waals surface area (Å²) < 4.78 is 49.7. The first-order chi connectivity index (χ1) is 7.27. The fourth-order valence-electron chi connectivity index (χ4n) is 1.19. The van der Waals surface area contributed by atoms with Gasteiger partial charge < -0.3 is 15.9 Å². The molecule has 1 aromatic rings. The number of benzene rings is 1. The van der Waals surface area contributed by atoms with Gasteiger partial charge in [0.25, 0.3) is 0 Å². The molecule has 1 aromatic carbocycles. The van der Waals surface area contributed by atoms with Crippen LogP contribution >= 0.6 is 0 Å². The Morgan fingerprint density at radius 3 is 2.31 bits per heavy atom. The molecular weight excluding hydrogens is 230 g/mol. The molecule has 0 aliphatic rings. The lowest BCUT2D eigenvalue weighted by Gasteiger charge is -2.14. The van der Waals surface area contributed by atoms with Crippen LogP contribution in [0, 0.1) is 5.82 Å². The summed E-state index contributed by atoms with van der Waals surface area (Å²) in [5.41, 5.74) is 3.42. The third-order valence-electron chi connectivity index (χ3n) is 2.02. The van der Waals surface area contributed by atoms with Gasteiger partial charge in [-0.2, -0.15) is 13.2 Å². The number of rotatable bonds is 2. The molecule has 7 heteroatoms. The molecule has 0 bridgehead atoms. The van der Waals surface area contributed by atoms with E-state index in [9.17, 15) is 22.7 Å². The molecule has 0 saturated carbocycles. The highest BCUT2D eigenvalue weighted by molar-refractivity contribution is 5.40. The molecule has 0 amide bonds. The first-order valence-electron chi connectivity index (χ1n) is 4.23. The van der Waals surface area contributed by atoms with Gasteiger partial charge in [-0.25, -0.2) is 4.39 Å². The summed E-state index contributed by atoms with van der Waals surface area (Å²) in [6.07, 6.45) is -4.89. The number of aromatic hydroxyl groups is 1. The normalized spacial score (nSPS) is 13.9. The summed E-state index contributed by atoms with van der Waals surface area (Å²) >= 11 is 0. The minimum atomic E-state index is -4.89. The first kappa shape index (κ1) is 12.7. The first-order valence-corrected chi connectivity index (χ1v) is 4.23. The summed E-state index contributed by atoms with van der Waals surface area (Å²) in [4.78, 5) is 0. The number of phenols is 1. The van der Waals surface area contributed by atoms with Crippen molar-refractivity contribution in [1.82, 2.24) is 0 Å². The number of hydrogen-bond acceptors (Lipinski definition) is 3. The third kappa shape index (κ3) is 2.42. The van der Waals surface area contributed by atoms with Crippen molar-refractivity contribution < 1.29 is 27.8 Å². The lowest BCUT2D eigenvalue weighted by Crippen LogP contribution is -2.16. The predicted octanol–water partition coefficient (Wildman–Crippen LogP) is 1.54. The molecule has 1 atom stereocenters. The van der Waals surface area contributed by atoms with E-state index in [1.54, 1.807) is 0 Å². The van der Waals surface area contributed by atoms with Crippen LogP contribution in [-0.2, 0) is 6.18 Å². The zero-order valence-electron chi connectivity index (χ0n) is 7.92. The second kappa shape index (κ2) is 4.26. The van der Waals surface area contributed by atoms with Crippen molar-refractivity contribution in [2.75, 3.05) is 6.61 Å². The van der Waals surface area contributed by atoms with Gasteiger partial charge in [-0.1, -0.05) is 0 Å². The Morgan fingerprint density at radius 2 is 1.88 bits per heavy atom. The van der Waals surface area contributed by atoms with E-state index in [2.05, 4.69) is 0 Å². The van der Waals surface area contributed by atoms with Gasteiger partial charge in [0, 0.05) is 5.56 Å². The summed E-state index contributed by atoms with van der Waals surface area (Å²) in [5.74, 6) is -2.33. The molecule has 1 rings (SSSR count). The molecule has 0 heterocycles. The molecule has 0 radical (unpaired) electrons. The lowest BCUT2D eigenvalue weighted by atomic mass is 10.0. The minimum absolute atomic E-state index is 0.250. The molecule has 0 unspecified atom stereocenters. The highest BCUT2D eigenvalue weighted by atomic mass is 19.4. The molecule has 16 heavy (non-hydrogen) atoms. The average Bonchev–Trinajstić information content (AvgIpc) is 2.18. The fourth-order valence-corrected chi connectivity index (χ4v) is 1.19. The van der Waals surface area contributed by atoms with Crippen LogP contribution in [0.25, 0.3) is 0 Å². The smallest absolute Gasteiger partial charge is 0.419 e. The number of halogens is 4. The molecule has 3 nitrogen and oxygen atoms in total. The lowest BCUT2D eigenvalue weighted by molar-refractivity contribution is -0.140. The number of hydrogen-bond donors (Lipinski definition) is 3. The number of nitrogens with two attached hydrogens (primary N) is 1. The number of aliphatic hydroxyl groups is 1. The van der Waals surface area contributed by atoms with Crippen molar-refractivity contribution in [3.8, 4) is 5.75 Å². The molecule has 90 valence electrons. The Kier molecular flexibility index (Phi) is 3.39. The van der Waals surface area contributed by atoms with Crippen molar-refractivity contribution in [2.24, 2.45) is 5.73 Å². The van der Waals surface area contributed by atoms with Crippen LogP contribution in [0.4, 0.5) is 17.6 Å². The summed E-state index contributed by atoms with van der Waals surface area (Å²) in [7, 11) is 0. The van der Waals surface area contributed by atoms with E-state index in [-0.39, 0.29) is 11.6 Å². The number of phenolic OH excluding ortho intramolecular Hbond substituents is 1. The zero-order valence-corrected chi connectivity index (χ0v) is 7.92. The van der Waals surface area contributed by atoms with Crippen molar-refractivity contribution in [3.05, 3.63) is 29.1 Å². The van der Waals surface area contributed by atoms with Gasteiger partial charge in [-0.15, -0.1) is 0 Å². The van der Waals surface area contributed by atoms with E-state index in [1.165, 1.54) is 0 Å². The Bertz CT molecular complexity index is 392. The second-order valence-electron chi connectivity index (χ2n) is 3.18. The second-order valence-corrected chi connectivity index (χ2v) is 3.18. The quantitative estimate of drug-likeness (QED) is 0.686. The molecule has 0 fully saturated rings. The van der Waals surface area contributed by atoms with E-state index in [4.69, 9.17) is 10.8 Å². The molecule has 0 aromatic heterocycles. The summed E-state index contributed by atoms with van der Waals surface area (Å²) in [5, 5.41) is 17.9. The van der Waals surface area contributed by atoms with Crippen LogP contribution in [0.1, 0.15) is 17.2 Å². The number of aliphatic hydroxyl groups excluding tert-OH is 1. The average molecular weight is 239 g/mol. The van der Waals surface area contributed by atoms with Crippen LogP contribution < -0.4 is 5.73 Å². The van der Waals surface area contributed by atoms with Gasteiger partial charge in [-0.3, -0.25) is 0 Å². The Balaban J connectivity index is 3.28. The fraction of sp³-hybridized carbons (Fsp3) is 0.333. The van der Waals surface area contributed by atoms with E-state index in [1.807, 2.05) is 0 Å². The van der Waals surface area contributed by atoms with Gasteiger partial charge in [0.05, 0.1) is 18.2 Å². The van der Waals surface area contributed by atoms with Crippen LogP contribution in [-0.4, -0.2) is 16.8 Å². The Hall–Kier alpha value is -1.34. The Morgan fingerprint density at radius 1 is 1.31 bits per heavy atom. The van der Waals surface area contributed by atoms with Crippen molar-refractivity contribution >= 4 is 0 Å². The monoisotopic (exact) mass is 239 g/mol. The molecule has 0 saturated heterocycles. The molecule has 0 aliphatic heterocycles. The highest BCUT2D eigenvalue weighted by Crippen LogP contribution is 2.36. The SMILES string of the molecule is N[C@@H](CO)c1cc(F)c(C(F)(F)F)cc1O. The zero-order chi connectivity index (χ0) is 12.5. The predicted molar refractivity (Wildman–Crippen MR) is 47.1 cm³/mol. The maximum absolute atomic E-state index is 13.1.